The molecule has 0 radical (unpaired) electrons. The van der Waals surface area contributed by atoms with Crippen LogP contribution in [0.1, 0.15) is 200 Å². The largest absolute Gasteiger partial charge is 0.480 e. The summed E-state index contributed by atoms with van der Waals surface area (Å²) in [5, 5.41) is 18.9. The Balaban J connectivity index is 4.42. The summed E-state index contributed by atoms with van der Waals surface area (Å²) in [5.74, 6) is -2.49. The molecule has 12 nitrogen and oxygen atoms in total. The van der Waals surface area contributed by atoms with E-state index in [2.05, 4.69) is 24.4 Å². The predicted molar refractivity (Wildman–Crippen MR) is 246 cm³/mol. The maximum Gasteiger partial charge on any atom is 0.472 e. The Morgan fingerprint density at radius 3 is 1.66 bits per heavy atom. The molecule has 0 aliphatic carbocycles. The van der Waals surface area contributed by atoms with Crippen molar-refractivity contribution in [2.45, 2.75) is 218 Å². The molecule has 0 bridgehead atoms. The van der Waals surface area contributed by atoms with E-state index in [9.17, 15) is 28.9 Å². The van der Waals surface area contributed by atoms with Gasteiger partial charge < -0.3 is 30.3 Å². The summed E-state index contributed by atoms with van der Waals surface area (Å²) in [5.41, 5.74) is 5.33. The average Bonchev–Trinajstić information content (AvgIpc) is 3.23. The van der Waals surface area contributed by atoms with Gasteiger partial charge in [-0.2, -0.15) is 0 Å². The first-order chi connectivity index (χ1) is 29.5. The number of carboxylic acid groups (broad SMARTS) is 1. The van der Waals surface area contributed by atoms with Gasteiger partial charge in [-0.1, -0.05) is 191 Å². The minimum atomic E-state index is -4.75. The van der Waals surface area contributed by atoms with E-state index in [4.69, 9.17) is 24.8 Å². The topological polar surface area (TPSA) is 192 Å². The molecule has 0 fully saturated rings. The highest BCUT2D eigenvalue weighted by Crippen LogP contribution is 2.43. The van der Waals surface area contributed by atoms with Crippen molar-refractivity contribution in [3.05, 3.63) is 48.6 Å². The quantitative estimate of drug-likeness (QED) is 0.0149. The number of aliphatic carboxylic acids is 1. The summed E-state index contributed by atoms with van der Waals surface area (Å²) in [7, 11) is -4.75. The number of esters is 2. The lowest BCUT2D eigenvalue weighted by atomic mass is 10.0. The third-order valence-corrected chi connectivity index (χ3v) is 11.1. The number of aliphatic hydroxyl groups is 1. The fraction of sp³-hybridized carbons (Fsp3) is 0.771. The highest BCUT2D eigenvalue weighted by molar-refractivity contribution is 7.47. The van der Waals surface area contributed by atoms with Crippen LogP contribution in [0.5, 0.6) is 0 Å². The van der Waals surface area contributed by atoms with Gasteiger partial charge in [-0.25, -0.2) is 4.57 Å². The van der Waals surface area contributed by atoms with Crippen LogP contribution in [0, 0.1) is 0 Å². The molecule has 0 heterocycles. The third-order valence-electron chi connectivity index (χ3n) is 10.2. The Bertz CT molecular complexity index is 1240. The molecule has 0 rings (SSSR count). The molecule has 0 aromatic heterocycles. The Labute approximate surface area is 369 Å². The number of hydrogen-bond donors (Lipinski definition) is 4. The molecule has 61 heavy (non-hydrogen) atoms. The first-order valence-electron chi connectivity index (χ1n) is 23.8. The monoisotopic (exact) mass is 884 g/mol. The third kappa shape index (κ3) is 42.5. The number of carbonyl (C=O) groups is 3. The smallest absolute Gasteiger partial charge is 0.472 e. The molecule has 4 atom stereocenters. The molecule has 0 spiro atoms. The summed E-state index contributed by atoms with van der Waals surface area (Å²) in [6.07, 6.45) is 44.9. The van der Waals surface area contributed by atoms with E-state index >= 15 is 0 Å². The number of phosphoric acid groups is 1. The molecule has 0 aliphatic rings. The maximum absolute atomic E-state index is 12.6. The maximum atomic E-state index is 12.6. The van der Waals surface area contributed by atoms with Crippen LogP contribution >= 0.6 is 7.82 Å². The second kappa shape index (κ2) is 42.7. The average molecular weight is 884 g/mol. The Morgan fingerprint density at radius 2 is 1.08 bits per heavy atom. The van der Waals surface area contributed by atoms with Gasteiger partial charge in [-0.15, -0.1) is 0 Å². The minimum absolute atomic E-state index is 0.0540. The number of carbonyl (C=O) groups excluding carboxylic acids is 2. The number of hydrogen-bond acceptors (Lipinski definition) is 10. The number of rotatable bonds is 44. The number of allylic oxidation sites excluding steroid dienone is 6. The van der Waals surface area contributed by atoms with Gasteiger partial charge >= 0.3 is 25.7 Å². The highest BCUT2D eigenvalue weighted by atomic mass is 31.2. The van der Waals surface area contributed by atoms with E-state index in [0.29, 0.717) is 32.1 Å². The Morgan fingerprint density at radius 1 is 0.590 bits per heavy atom. The van der Waals surface area contributed by atoms with Crippen molar-refractivity contribution in [2.75, 3.05) is 19.8 Å². The van der Waals surface area contributed by atoms with Crippen LogP contribution in [0.4, 0.5) is 0 Å². The van der Waals surface area contributed by atoms with E-state index in [1.165, 1.54) is 116 Å². The molecule has 1 unspecified atom stereocenters. The van der Waals surface area contributed by atoms with Gasteiger partial charge in [-0.3, -0.25) is 23.4 Å². The summed E-state index contributed by atoms with van der Waals surface area (Å²) < 4.78 is 32.7. The van der Waals surface area contributed by atoms with Crippen LogP contribution in [0.2, 0.25) is 0 Å². The van der Waals surface area contributed by atoms with Crippen LogP contribution in [0.15, 0.2) is 48.6 Å². The van der Waals surface area contributed by atoms with Crippen molar-refractivity contribution in [1.29, 1.82) is 0 Å². The van der Waals surface area contributed by atoms with Gasteiger partial charge in [0.1, 0.15) is 12.6 Å². The van der Waals surface area contributed by atoms with E-state index in [0.717, 1.165) is 25.7 Å². The zero-order valence-corrected chi connectivity index (χ0v) is 39.0. The zero-order chi connectivity index (χ0) is 45.1. The van der Waals surface area contributed by atoms with Gasteiger partial charge in [0.05, 0.1) is 19.3 Å². The number of aliphatic hydroxyl groups excluding tert-OH is 1. The van der Waals surface area contributed by atoms with Crippen molar-refractivity contribution < 1.29 is 52.6 Å². The molecule has 0 aliphatic heterocycles. The molecule has 0 amide bonds. The molecule has 0 saturated heterocycles. The number of unbranched alkanes of at least 4 members (excludes halogenated alkanes) is 22. The summed E-state index contributed by atoms with van der Waals surface area (Å²) in [6, 6.07) is -1.54. The molecule has 354 valence electrons. The first kappa shape index (κ1) is 58.4. The number of phosphoric ester groups is 1. The highest BCUT2D eigenvalue weighted by Gasteiger charge is 2.28. The standard InChI is InChI=1S/C48H86NO11P/c1-3-5-7-9-11-12-13-14-15-16-17-18-19-20-21-22-26-30-34-38-46(51)57-40-44(41-58-61(55,56)59-42-45(49)48(53)54)60-47(52)39-35-31-27-24-23-25-29-33-37-43(50)36-32-28-10-8-6-4-2/h24-25,27-29,32-33,37,43-45,50H,3-23,26,30-31,34-36,38-42,49H2,1-2H3,(H,53,54)(H,55,56)/b27-24-,29-25-,32-28-,37-33+/t43-,44+,45-/m0/s1. The van der Waals surface area contributed by atoms with Crippen LogP contribution < -0.4 is 5.73 Å². The molecule has 13 heteroatoms. The number of carboxylic acids is 1. The van der Waals surface area contributed by atoms with Crippen molar-refractivity contribution in [3.63, 3.8) is 0 Å². The fourth-order valence-corrected chi connectivity index (χ4v) is 7.16. The van der Waals surface area contributed by atoms with Crippen LogP contribution in [0.3, 0.4) is 0 Å². The van der Waals surface area contributed by atoms with Crippen LogP contribution in [-0.2, 0) is 37.5 Å². The van der Waals surface area contributed by atoms with Gasteiger partial charge in [0.25, 0.3) is 0 Å². The van der Waals surface area contributed by atoms with E-state index in [1.54, 1.807) is 6.08 Å². The molecular weight excluding hydrogens is 797 g/mol. The Hall–Kier alpha value is -2.60. The minimum Gasteiger partial charge on any atom is -0.480 e. The fourth-order valence-electron chi connectivity index (χ4n) is 6.38. The van der Waals surface area contributed by atoms with Crippen molar-refractivity contribution >= 4 is 25.7 Å². The summed E-state index contributed by atoms with van der Waals surface area (Å²) >= 11 is 0. The molecule has 0 aromatic rings. The molecular formula is C48H86NO11P. The van der Waals surface area contributed by atoms with Gasteiger partial charge in [-0.05, 0) is 44.9 Å². The van der Waals surface area contributed by atoms with Crippen molar-refractivity contribution in [1.82, 2.24) is 0 Å². The van der Waals surface area contributed by atoms with Crippen molar-refractivity contribution in [3.8, 4) is 0 Å². The lowest BCUT2D eigenvalue weighted by Crippen LogP contribution is -2.34. The van der Waals surface area contributed by atoms with Gasteiger partial charge in [0.2, 0.25) is 0 Å². The van der Waals surface area contributed by atoms with Crippen LogP contribution in [0.25, 0.3) is 0 Å². The second-order valence-corrected chi connectivity index (χ2v) is 17.5. The normalized spacial score (nSPS) is 14.6. The van der Waals surface area contributed by atoms with E-state index in [1.807, 2.05) is 36.5 Å². The van der Waals surface area contributed by atoms with E-state index in [-0.39, 0.29) is 19.4 Å². The van der Waals surface area contributed by atoms with E-state index < -0.39 is 57.2 Å². The van der Waals surface area contributed by atoms with Gasteiger partial charge in [0.15, 0.2) is 6.10 Å². The summed E-state index contributed by atoms with van der Waals surface area (Å²) in [6.45, 7) is 2.66. The summed E-state index contributed by atoms with van der Waals surface area (Å²) in [4.78, 5) is 46.0. The van der Waals surface area contributed by atoms with Crippen molar-refractivity contribution in [2.24, 2.45) is 5.73 Å². The molecule has 0 aromatic carbocycles. The lowest BCUT2D eigenvalue weighted by Gasteiger charge is -2.20. The zero-order valence-electron chi connectivity index (χ0n) is 38.1. The second-order valence-electron chi connectivity index (χ2n) is 16.1. The lowest BCUT2D eigenvalue weighted by molar-refractivity contribution is -0.161. The number of nitrogens with two attached hydrogens (primary N) is 1. The number of ether oxygens (including phenoxy) is 2. The Kier molecular flexibility index (Phi) is 40.9. The molecule has 5 N–H and O–H groups in total. The molecule has 0 saturated carbocycles. The van der Waals surface area contributed by atoms with Crippen LogP contribution in [-0.4, -0.2) is 71.1 Å². The van der Waals surface area contributed by atoms with Gasteiger partial charge in [0, 0.05) is 12.8 Å². The SMILES string of the molecule is CCCCC/C=C\C[C@H](O)/C=C/C=C\C/C=C\CCCC(=O)O[C@H](COC(=O)CCCCCCCCCCCCCCCCCCCCC)COP(=O)(O)OC[C@H](N)C(=O)O. The first-order valence-corrected chi connectivity index (χ1v) is 25.3. The predicted octanol–water partition coefficient (Wildman–Crippen LogP) is 11.9.